The second-order valence-corrected chi connectivity index (χ2v) is 20.8. The molecular formula is C64H107O11P. The van der Waals surface area contributed by atoms with Gasteiger partial charge in [0.2, 0.25) is 0 Å². The van der Waals surface area contributed by atoms with Crippen molar-refractivity contribution in [3.8, 4) is 0 Å². The summed E-state index contributed by atoms with van der Waals surface area (Å²) in [5.41, 5.74) is 0. The Balaban J connectivity index is 4.82. The first-order valence-electron chi connectivity index (χ1n) is 29.8. The minimum atomic E-state index is -4.77. The third-order valence-corrected chi connectivity index (χ3v) is 13.1. The molecule has 0 aliphatic carbocycles. The maximum atomic E-state index is 12.9. The number of aliphatic hydroxyl groups is 1. The molecule has 11 nitrogen and oxygen atoms in total. The SMILES string of the molecule is CC/C=C\C/C=C\C/C=C\C/C=C\C/C=C\CCCCCC(=O)OCC(COP(=O)(O)OCC(CO)OC(=O)CCCCC/C=C\C/C=C\C/C=C\CC)OC(=O)CCCCCCCCC/C=C\CCCCCCCC. The summed E-state index contributed by atoms with van der Waals surface area (Å²) >= 11 is 0. The fourth-order valence-electron chi connectivity index (χ4n) is 7.69. The van der Waals surface area contributed by atoms with Crippen molar-refractivity contribution >= 4 is 25.7 Å². The van der Waals surface area contributed by atoms with Crippen LogP contribution in [0.2, 0.25) is 0 Å². The number of carbonyl (C=O) groups excluding carboxylic acids is 3. The Morgan fingerprint density at radius 3 is 1.08 bits per heavy atom. The number of ether oxygens (including phenoxy) is 3. The van der Waals surface area contributed by atoms with Crippen molar-refractivity contribution in [1.29, 1.82) is 0 Å². The van der Waals surface area contributed by atoms with Crippen LogP contribution < -0.4 is 0 Å². The van der Waals surface area contributed by atoms with Crippen molar-refractivity contribution in [3.05, 3.63) is 109 Å². The van der Waals surface area contributed by atoms with Crippen molar-refractivity contribution in [1.82, 2.24) is 0 Å². The third kappa shape index (κ3) is 54.9. The topological polar surface area (TPSA) is 155 Å². The van der Waals surface area contributed by atoms with Gasteiger partial charge in [-0.05, 0) is 122 Å². The lowest BCUT2D eigenvalue weighted by Gasteiger charge is -2.21. The van der Waals surface area contributed by atoms with E-state index in [4.69, 9.17) is 23.3 Å². The number of carbonyl (C=O) groups is 3. The van der Waals surface area contributed by atoms with Crippen LogP contribution in [0.3, 0.4) is 0 Å². The first-order valence-corrected chi connectivity index (χ1v) is 31.3. The lowest BCUT2D eigenvalue weighted by atomic mass is 10.1. The van der Waals surface area contributed by atoms with Crippen LogP contribution in [0.25, 0.3) is 0 Å². The highest BCUT2D eigenvalue weighted by atomic mass is 31.2. The average molecular weight is 1080 g/mol. The molecule has 0 amide bonds. The molecule has 12 heteroatoms. The third-order valence-electron chi connectivity index (χ3n) is 12.2. The maximum absolute atomic E-state index is 12.9. The summed E-state index contributed by atoms with van der Waals surface area (Å²) in [6.07, 6.45) is 69.1. The van der Waals surface area contributed by atoms with Crippen molar-refractivity contribution in [2.24, 2.45) is 0 Å². The van der Waals surface area contributed by atoms with E-state index >= 15 is 0 Å². The number of rotatable bonds is 54. The van der Waals surface area contributed by atoms with Gasteiger partial charge in [-0.25, -0.2) is 4.57 Å². The summed E-state index contributed by atoms with van der Waals surface area (Å²) in [7, 11) is -4.77. The van der Waals surface area contributed by atoms with Crippen LogP contribution in [-0.2, 0) is 42.2 Å². The molecule has 0 bridgehead atoms. The van der Waals surface area contributed by atoms with Crippen LogP contribution in [0, 0.1) is 0 Å². The van der Waals surface area contributed by atoms with Crippen LogP contribution >= 0.6 is 7.82 Å². The molecule has 0 saturated carbocycles. The normalized spacial score (nSPS) is 14.1. The monoisotopic (exact) mass is 1080 g/mol. The van der Waals surface area contributed by atoms with Crippen LogP contribution in [0.1, 0.15) is 239 Å². The number of hydrogen-bond donors (Lipinski definition) is 2. The smallest absolute Gasteiger partial charge is 0.462 e. The quantitative estimate of drug-likeness (QED) is 0.0197. The van der Waals surface area contributed by atoms with E-state index in [-0.39, 0.29) is 25.9 Å². The number of hydrogen-bond acceptors (Lipinski definition) is 10. The Labute approximate surface area is 463 Å². The highest BCUT2D eigenvalue weighted by molar-refractivity contribution is 7.47. The van der Waals surface area contributed by atoms with Crippen molar-refractivity contribution < 1.29 is 52.2 Å². The van der Waals surface area contributed by atoms with Crippen molar-refractivity contribution in [3.63, 3.8) is 0 Å². The van der Waals surface area contributed by atoms with Crippen molar-refractivity contribution in [2.75, 3.05) is 26.4 Å². The van der Waals surface area contributed by atoms with E-state index in [0.717, 1.165) is 122 Å². The summed E-state index contributed by atoms with van der Waals surface area (Å²) < 4.78 is 39.5. The Hall–Kier alpha value is -3.86. The van der Waals surface area contributed by atoms with Gasteiger partial charge in [0.15, 0.2) is 6.10 Å². The summed E-state index contributed by atoms with van der Waals surface area (Å²) in [6, 6.07) is 0. The maximum Gasteiger partial charge on any atom is 0.472 e. The zero-order chi connectivity index (χ0) is 55.5. The number of aliphatic hydroxyl groups excluding tert-OH is 1. The zero-order valence-electron chi connectivity index (χ0n) is 47.9. The molecule has 2 N–H and O–H groups in total. The number of unbranched alkanes of at least 4 members (excludes halogenated alkanes) is 19. The van der Waals surface area contributed by atoms with Gasteiger partial charge >= 0.3 is 25.7 Å². The lowest BCUT2D eigenvalue weighted by Crippen LogP contribution is -2.30. The van der Waals surface area contributed by atoms with Gasteiger partial charge in [0, 0.05) is 19.3 Å². The van der Waals surface area contributed by atoms with E-state index in [2.05, 4.69) is 130 Å². The predicted octanol–water partition coefficient (Wildman–Crippen LogP) is 17.8. The molecule has 0 rings (SSSR count). The number of esters is 3. The molecule has 434 valence electrons. The molecule has 0 heterocycles. The molecule has 0 saturated heterocycles. The van der Waals surface area contributed by atoms with Gasteiger partial charge in [-0.1, -0.05) is 207 Å². The molecule has 0 aliphatic rings. The highest BCUT2D eigenvalue weighted by Crippen LogP contribution is 2.43. The molecule has 0 aromatic rings. The Morgan fingerprint density at radius 2 is 0.684 bits per heavy atom. The fourth-order valence-corrected chi connectivity index (χ4v) is 8.47. The highest BCUT2D eigenvalue weighted by Gasteiger charge is 2.28. The van der Waals surface area contributed by atoms with Gasteiger partial charge < -0.3 is 24.2 Å². The average Bonchev–Trinajstić information content (AvgIpc) is 3.41. The summed E-state index contributed by atoms with van der Waals surface area (Å²) in [5.74, 6) is -1.54. The van der Waals surface area contributed by atoms with E-state index in [0.29, 0.717) is 19.3 Å². The molecule has 3 unspecified atom stereocenters. The number of allylic oxidation sites excluding steroid dienone is 18. The first-order chi connectivity index (χ1) is 37.2. The number of phosphoric acid groups is 1. The van der Waals surface area contributed by atoms with Gasteiger partial charge in [-0.2, -0.15) is 0 Å². The van der Waals surface area contributed by atoms with Gasteiger partial charge in [0.25, 0.3) is 0 Å². The minimum Gasteiger partial charge on any atom is -0.462 e. The molecule has 0 aliphatic heterocycles. The molecule has 0 aromatic heterocycles. The molecule has 0 aromatic carbocycles. The molecule has 76 heavy (non-hydrogen) atoms. The van der Waals surface area contributed by atoms with Crippen LogP contribution in [0.15, 0.2) is 109 Å². The lowest BCUT2D eigenvalue weighted by molar-refractivity contribution is -0.161. The van der Waals surface area contributed by atoms with Crippen LogP contribution in [0.4, 0.5) is 0 Å². The van der Waals surface area contributed by atoms with Crippen molar-refractivity contribution in [2.45, 2.75) is 251 Å². The summed E-state index contributed by atoms with van der Waals surface area (Å²) in [4.78, 5) is 48.6. The summed E-state index contributed by atoms with van der Waals surface area (Å²) in [5, 5.41) is 9.81. The van der Waals surface area contributed by atoms with Gasteiger partial charge in [0.1, 0.15) is 12.7 Å². The predicted molar refractivity (Wildman–Crippen MR) is 316 cm³/mol. The Bertz CT molecular complexity index is 1690. The van der Waals surface area contributed by atoms with E-state index in [1.807, 2.05) is 0 Å². The molecule has 0 spiro atoms. The second-order valence-electron chi connectivity index (χ2n) is 19.4. The molecule has 0 radical (unpaired) electrons. The standard InChI is InChI=1S/C64H107O11P/c1-4-7-10-13-16-19-22-25-27-29-30-32-33-36-38-41-44-47-50-53-62(66)71-57-61(75-64(68)55-52-49-46-43-40-37-34-31-28-26-23-20-17-14-11-8-5-2)59-73-76(69,70)72-58-60(56-65)74-63(67)54-51-48-45-42-39-35-24-21-18-15-12-9-6-3/h7,9-10,12,16,18-19,21,25-28,30,32,35-36,38-39,60-61,65H,4-6,8,11,13-15,17,20,22-24,29,31,33-34,37,40-59H2,1-3H3,(H,69,70)/b10-7-,12-9-,19-16-,21-18-,27-25-,28-26-,32-30-,38-36-,39-35-. The van der Waals surface area contributed by atoms with Gasteiger partial charge in [0.05, 0.1) is 19.8 Å². The summed E-state index contributed by atoms with van der Waals surface area (Å²) in [6.45, 7) is 4.33. The minimum absolute atomic E-state index is 0.135. The second kappa shape index (κ2) is 57.3. The van der Waals surface area contributed by atoms with Crippen LogP contribution in [0.5, 0.6) is 0 Å². The van der Waals surface area contributed by atoms with E-state index in [1.165, 1.54) is 57.8 Å². The van der Waals surface area contributed by atoms with Gasteiger partial charge in [-0.3, -0.25) is 23.4 Å². The molecule has 0 fully saturated rings. The van der Waals surface area contributed by atoms with Gasteiger partial charge in [-0.15, -0.1) is 0 Å². The fraction of sp³-hybridized carbons (Fsp3) is 0.672. The largest absolute Gasteiger partial charge is 0.472 e. The van der Waals surface area contributed by atoms with E-state index in [9.17, 15) is 28.9 Å². The Morgan fingerprint density at radius 1 is 0.382 bits per heavy atom. The van der Waals surface area contributed by atoms with E-state index < -0.39 is 57.8 Å². The first kappa shape index (κ1) is 72.1. The van der Waals surface area contributed by atoms with Crippen LogP contribution in [-0.4, -0.2) is 66.5 Å². The number of phosphoric ester groups is 1. The molecule has 3 atom stereocenters. The molecular weight excluding hydrogens is 976 g/mol. The Kier molecular flexibility index (Phi) is 54.4. The zero-order valence-corrected chi connectivity index (χ0v) is 48.8. The van der Waals surface area contributed by atoms with E-state index in [1.54, 1.807) is 0 Å².